The largest absolute Gasteiger partial charge is 0.368 e. The maximum absolute atomic E-state index is 12.6. The number of nitrogens with zero attached hydrogens (tertiary/aromatic N) is 2. The molecule has 2 aromatic carbocycles. The van der Waals surface area contributed by atoms with Gasteiger partial charge in [-0.25, -0.2) is 13.1 Å². The number of rotatable bonds is 7. The Morgan fingerprint density at radius 3 is 2.30 bits per heavy atom. The molecule has 0 aromatic heterocycles. The number of piperazine rings is 1. The first-order valence-electron chi connectivity index (χ1n) is 10.5. The van der Waals surface area contributed by atoms with Crippen LogP contribution in [0.3, 0.4) is 0 Å². The van der Waals surface area contributed by atoms with Crippen LogP contribution >= 0.6 is 0 Å². The Balaban J connectivity index is 1.51. The minimum absolute atomic E-state index is 0.153. The minimum atomic E-state index is -3.44. The predicted octanol–water partition coefficient (Wildman–Crippen LogP) is 2.88. The van der Waals surface area contributed by atoms with Gasteiger partial charge in [0.2, 0.25) is 15.9 Å². The van der Waals surface area contributed by atoms with Crippen molar-refractivity contribution < 1.29 is 13.2 Å². The molecule has 0 atom stereocenters. The molecule has 1 aliphatic heterocycles. The zero-order valence-electron chi connectivity index (χ0n) is 18.0. The Labute approximate surface area is 179 Å². The lowest BCUT2D eigenvalue weighted by Crippen LogP contribution is -2.49. The van der Waals surface area contributed by atoms with Crippen LogP contribution in [-0.4, -0.2) is 51.9 Å². The Morgan fingerprint density at radius 1 is 1.00 bits per heavy atom. The summed E-state index contributed by atoms with van der Waals surface area (Å²) >= 11 is 0. The summed E-state index contributed by atoms with van der Waals surface area (Å²) in [7, 11) is -3.44. The van der Waals surface area contributed by atoms with Crippen molar-refractivity contribution in [1.29, 1.82) is 0 Å². The van der Waals surface area contributed by atoms with E-state index >= 15 is 0 Å². The van der Waals surface area contributed by atoms with E-state index in [1.807, 2.05) is 4.90 Å². The van der Waals surface area contributed by atoms with Crippen LogP contribution in [0, 0.1) is 13.8 Å². The van der Waals surface area contributed by atoms with E-state index in [0.717, 1.165) is 31.7 Å². The van der Waals surface area contributed by atoms with Crippen molar-refractivity contribution in [3.05, 3.63) is 59.2 Å². The van der Waals surface area contributed by atoms with E-state index in [4.69, 9.17) is 0 Å². The molecule has 0 saturated carbocycles. The van der Waals surface area contributed by atoms with Crippen molar-refractivity contribution in [2.45, 2.75) is 38.5 Å². The Morgan fingerprint density at radius 2 is 1.67 bits per heavy atom. The van der Waals surface area contributed by atoms with Crippen LogP contribution in [0.2, 0.25) is 0 Å². The Bertz CT molecular complexity index is 979. The molecule has 2 aromatic rings. The average molecular weight is 430 g/mol. The van der Waals surface area contributed by atoms with E-state index in [0.29, 0.717) is 19.4 Å². The van der Waals surface area contributed by atoms with Crippen LogP contribution in [0.15, 0.2) is 47.4 Å². The molecule has 0 spiro atoms. The van der Waals surface area contributed by atoms with E-state index in [2.05, 4.69) is 41.7 Å². The molecule has 1 fully saturated rings. The fourth-order valence-corrected chi connectivity index (χ4v) is 4.83. The highest BCUT2D eigenvalue weighted by Crippen LogP contribution is 2.24. The standard InChI is InChI=1S/C23H31N3O3S/c1-4-24-30(28,29)21-11-8-20(9-12-21)10-13-23(27)26-16-14-25(15-17-26)22-7-5-6-18(2)19(22)3/h5-9,11-12,24H,4,10,13-17H2,1-3H3. The smallest absolute Gasteiger partial charge is 0.240 e. The third-order valence-electron chi connectivity index (χ3n) is 5.74. The van der Waals surface area contributed by atoms with Crippen LogP contribution in [0.5, 0.6) is 0 Å². The molecule has 30 heavy (non-hydrogen) atoms. The van der Waals surface area contributed by atoms with Gasteiger partial charge in [-0.15, -0.1) is 0 Å². The zero-order chi connectivity index (χ0) is 21.7. The lowest BCUT2D eigenvalue weighted by atomic mass is 10.1. The fraction of sp³-hybridized carbons (Fsp3) is 0.435. The minimum Gasteiger partial charge on any atom is -0.368 e. The molecular formula is C23H31N3O3S. The quantitative estimate of drug-likeness (QED) is 0.735. The number of anilines is 1. The number of aryl methyl sites for hydroxylation is 2. The molecule has 1 aliphatic rings. The number of amides is 1. The van der Waals surface area contributed by atoms with Crippen LogP contribution < -0.4 is 9.62 Å². The maximum Gasteiger partial charge on any atom is 0.240 e. The summed E-state index contributed by atoms with van der Waals surface area (Å²) in [5.41, 5.74) is 4.81. The monoisotopic (exact) mass is 429 g/mol. The van der Waals surface area contributed by atoms with Crippen LogP contribution in [0.4, 0.5) is 5.69 Å². The van der Waals surface area contributed by atoms with Crippen molar-refractivity contribution in [2.75, 3.05) is 37.6 Å². The van der Waals surface area contributed by atoms with E-state index in [9.17, 15) is 13.2 Å². The first-order valence-corrected chi connectivity index (χ1v) is 12.0. The zero-order valence-corrected chi connectivity index (χ0v) is 18.8. The SMILES string of the molecule is CCNS(=O)(=O)c1ccc(CCC(=O)N2CCN(c3cccc(C)c3C)CC2)cc1. The second-order valence-corrected chi connectivity index (χ2v) is 9.50. The van der Waals surface area contributed by atoms with Gasteiger partial charge < -0.3 is 9.80 Å². The Hall–Kier alpha value is -2.38. The predicted molar refractivity (Wildman–Crippen MR) is 120 cm³/mol. The first-order chi connectivity index (χ1) is 14.3. The van der Waals surface area contributed by atoms with Crippen molar-refractivity contribution in [2.24, 2.45) is 0 Å². The number of nitrogens with one attached hydrogen (secondary N) is 1. The molecule has 1 saturated heterocycles. The second kappa shape index (κ2) is 9.62. The molecule has 1 amide bonds. The highest BCUT2D eigenvalue weighted by atomic mass is 32.2. The molecule has 0 unspecified atom stereocenters. The number of sulfonamides is 1. The molecule has 1 N–H and O–H groups in total. The molecule has 0 aliphatic carbocycles. The van der Waals surface area contributed by atoms with E-state index in [-0.39, 0.29) is 10.8 Å². The number of benzene rings is 2. The summed E-state index contributed by atoms with van der Waals surface area (Å²) < 4.78 is 26.5. The van der Waals surface area contributed by atoms with Gasteiger partial charge in [0.25, 0.3) is 0 Å². The number of hydrogen-bond donors (Lipinski definition) is 1. The summed E-state index contributed by atoms with van der Waals surface area (Å²) in [5, 5.41) is 0. The van der Waals surface area contributed by atoms with Crippen LogP contribution in [-0.2, 0) is 21.2 Å². The summed E-state index contributed by atoms with van der Waals surface area (Å²) in [6.45, 7) is 9.52. The van der Waals surface area contributed by atoms with Gasteiger partial charge in [-0.1, -0.05) is 31.2 Å². The second-order valence-electron chi connectivity index (χ2n) is 7.73. The summed E-state index contributed by atoms with van der Waals surface area (Å²) in [5.74, 6) is 0.153. The lowest BCUT2D eigenvalue weighted by molar-refractivity contribution is -0.131. The molecule has 0 radical (unpaired) electrons. The van der Waals surface area contributed by atoms with E-state index in [1.54, 1.807) is 31.2 Å². The third-order valence-corrected chi connectivity index (χ3v) is 7.31. The molecule has 162 valence electrons. The van der Waals surface area contributed by atoms with Gasteiger partial charge >= 0.3 is 0 Å². The normalized spacial score (nSPS) is 14.8. The van der Waals surface area contributed by atoms with Crippen LogP contribution in [0.1, 0.15) is 30.0 Å². The fourth-order valence-electron chi connectivity index (χ4n) is 3.79. The summed E-state index contributed by atoms with van der Waals surface area (Å²) in [4.78, 5) is 17.2. The van der Waals surface area contributed by atoms with Gasteiger partial charge in [0.1, 0.15) is 0 Å². The summed E-state index contributed by atoms with van der Waals surface area (Å²) in [6, 6.07) is 13.1. The number of hydrogen-bond acceptors (Lipinski definition) is 4. The van der Waals surface area contributed by atoms with Crippen molar-refractivity contribution >= 4 is 21.6 Å². The summed E-state index contributed by atoms with van der Waals surface area (Å²) in [6.07, 6.45) is 1.04. The van der Waals surface area contributed by atoms with E-state index < -0.39 is 10.0 Å². The van der Waals surface area contributed by atoms with Gasteiger partial charge in [-0.3, -0.25) is 4.79 Å². The third kappa shape index (κ3) is 5.21. The van der Waals surface area contributed by atoms with Gasteiger partial charge in [-0.2, -0.15) is 0 Å². The van der Waals surface area contributed by atoms with Gasteiger partial charge in [0, 0.05) is 44.8 Å². The molecular weight excluding hydrogens is 398 g/mol. The number of carbonyl (C=O) groups excluding carboxylic acids is 1. The molecule has 0 bridgehead atoms. The topological polar surface area (TPSA) is 69.7 Å². The Kier molecular flexibility index (Phi) is 7.15. The van der Waals surface area contributed by atoms with Gasteiger partial charge in [0.15, 0.2) is 0 Å². The van der Waals surface area contributed by atoms with Crippen LogP contribution in [0.25, 0.3) is 0 Å². The van der Waals surface area contributed by atoms with Crippen molar-refractivity contribution in [3.8, 4) is 0 Å². The van der Waals surface area contributed by atoms with E-state index in [1.165, 1.54) is 16.8 Å². The highest BCUT2D eigenvalue weighted by Gasteiger charge is 2.22. The van der Waals surface area contributed by atoms with Gasteiger partial charge in [-0.05, 0) is 55.2 Å². The molecule has 6 nitrogen and oxygen atoms in total. The molecule has 7 heteroatoms. The maximum atomic E-state index is 12.6. The van der Waals surface area contributed by atoms with Gasteiger partial charge in [0.05, 0.1) is 4.90 Å². The average Bonchev–Trinajstić information content (AvgIpc) is 2.74. The van der Waals surface area contributed by atoms with Crippen molar-refractivity contribution in [1.82, 2.24) is 9.62 Å². The lowest BCUT2D eigenvalue weighted by Gasteiger charge is -2.37. The molecule has 3 rings (SSSR count). The molecule has 1 heterocycles. The van der Waals surface area contributed by atoms with Crippen molar-refractivity contribution in [3.63, 3.8) is 0 Å². The first kappa shape index (κ1) is 22.3. The number of carbonyl (C=O) groups is 1. The highest BCUT2D eigenvalue weighted by molar-refractivity contribution is 7.89.